The van der Waals surface area contributed by atoms with Crippen LogP contribution in [0, 0.1) is 15.9 Å². The number of rotatable bonds is 6. The topological polar surface area (TPSA) is 84.0 Å². The Morgan fingerprint density at radius 1 is 0.850 bits per heavy atom. The summed E-state index contributed by atoms with van der Waals surface area (Å²) in [6.45, 7) is 2.81. The molecule has 1 amide bonds. The Kier molecular flexibility index (Phi) is 6.79. The van der Waals surface area contributed by atoms with Gasteiger partial charge in [-0.1, -0.05) is 48.5 Å². The second kappa shape index (κ2) is 10.7. The van der Waals surface area contributed by atoms with Crippen molar-refractivity contribution in [2.75, 3.05) is 26.2 Å². The number of nitrogens with zero attached hydrogens (tertiary/aromatic N) is 5. The third kappa shape index (κ3) is 5.06. The van der Waals surface area contributed by atoms with Crippen LogP contribution in [0.4, 0.5) is 10.1 Å². The number of carbonyl (C=O) groups excluding carboxylic acids is 1. The molecule has 0 radical (unpaired) electrons. The molecule has 6 rings (SSSR count). The van der Waals surface area contributed by atoms with Gasteiger partial charge in [0.1, 0.15) is 11.5 Å². The number of non-ortho nitro benzene ring substituents is 1. The van der Waals surface area contributed by atoms with Gasteiger partial charge in [-0.25, -0.2) is 9.37 Å². The predicted molar refractivity (Wildman–Crippen MR) is 150 cm³/mol. The molecule has 9 heteroatoms. The number of nitro groups is 1. The summed E-state index contributed by atoms with van der Waals surface area (Å²) < 4.78 is 15.7. The lowest BCUT2D eigenvalue weighted by molar-refractivity contribution is -0.384. The number of halogens is 1. The molecule has 8 nitrogen and oxygen atoms in total. The molecule has 40 heavy (non-hydrogen) atoms. The van der Waals surface area contributed by atoms with Crippen molar-refractivity contribution in [2.45, 2.75) is 6.54 Å². The van der Waals surface area contributed by atoms with Crippen LogP contribution in [0.3, 0.4) is 0 Å². The van der Waals surface area contributed by atoms with Crippen molar-refractivity contribution in [1.29, 1.82) is 0 Å². The van der Waals surface area contributed by atoms with Gasteiger partial charge in [0.05, 0.1) is 16.3 Å². The van der Waals surface area contributed by atoms with Gasteiger partial charge in [-0.3, -0.25) is 19.8 Å². The SMILES string of the molecule is O=C(c1cccc(F)c1)N1CCN(Cc2c(-c3cccc([N+](=O)[O-])c3)nc3ccc(-c4ccccc4)cn23)CC1. The van der Waals surface area contributed by atoms with Gasteiger partial charge < -0.3 is 9.30 Å². The van der Waals surface area contributed by atoms with Crippen molar-refractivity contribution in [1.82, 2.24) is 19.2 Å². The fourth-order valence-electron chi connectivity index (χ4n) is 5.17. The Balaban J connectivity index is 1.32. The van der Waals surface area contributed by atoms with E-state index >= 15 is 0 Å². The van der Waals surface area contributed by atoms with E-state index in [1.807, 2.05) is 48.5 Å². The van der Waals surface area contributed by atoms with Gasteiger partial charge >= 0.3 is 0 Å². The third-order valence-electron chi connectivity index (χ3n) is 7.26. The van der Waals surface area contributed by atoms with Gasteiger partial charge in [-0.15, -0.1) is 0 Å². The molecule has 1 aliphatic rings. The highest BCUT2D eigenvalue weighted by atomic mass is 19.1. The summed E-state index contributed by atoms with van der Waals surface area (Å²) >= 11 is 0. The maximum Gasteiger partial charge on any atom is 0.270 e. The zero-order valence-electron chi connectivity index (χ0n) is 21.6. The number of aromatic nitrogens is 2. The van der Waals surface area contributed by atoms with E-state index in [2.05, 4.69) is 15.5 Å². The zero-order valence-corrected chi connectivity index (χ0v) is 21.6. The second-order valence-electron chi connectivity index (χ2n) is 9.81. The summed E-state index contributed by atoms with van der Waals surface area (Å²) in [7, 11) is 0. The number of fused-ring (bicyclic) bond motifs is 1. The van der Waals surface area contributed by atoms with E-state index in [0.29, 0.717) is 49.5 Å². The molecular weight excluding hydrogens is 509 g/mol. The fourth-order valence-corrected chi connectivity index (χ4v) is 5.17. The Bertz CT molecular complexity index is 1710. The first-order valence-corrected chi connectivity index (χ1v) is 13.0. The van der Waals surface area contributed by atoms with E-state index < -0.39 is 10.7 Å². The quantitative estimate of drug-likeness (QED) is 0.207. The van der Waals surface area contributed by atoms with Crippen LogP contribution in [0.5, 0.6) is 0 Å². The Hall–Kier alpha value is -4.89. The Morgan fingerprint density at radius 2 is 1.60 bits per heavy atom. The summed E-state index contributed by atoms with van der Waals surface area (Å²) in [6.07, 6.45) is 2.05. The molecule has 0 bridgehead atoms. The van der Waals surface area contributed by atoms with Crippen molar-refractivity contribution in [3.63, 3.8) is 0 Å². The number of benzene rings is 3. The number of piperazine rings is 1. The fraction of sp³-hybridized carbons (Fsp3) is 0.161. The van der Waals surface area contributed by atoms with Crippen molar-refractivity contribution in [2.24, 2.45) is 0 Å². The molecule has 0 N–H and O–H groups in total. The average molecular weight is 536 g/mol. The minimum atomic E-state index is -0.430. The molecule has 0 atom stereocenters. The molecule has 3 aromatic carbocycles. The molecule has 0 aliphatic carbocycles. The lowest BCUT2D eigenvalue weighted by Gasteiger charge is -2.34. The molecule has 200 valence electrons. The molecular formula is C31H26FN5O3. The number of imidazole rings is 1. The van der Waals surface area contributed by atoms with Crippen LogP contribution in [0.1, 0.15) is 16.1 Å². The van der Waals surface area contributed by atoms with E-state index in [1.54, 1.807) is 29.2 Å². The van der Waals surface area contributed by atoms with E-state index in [0.717, 1.165) is 22.5 Å². The Labute approximate surface area is 230 Å². The average Bonchev–Trinajstić information content (AvgIpc) is 3.35. The summed E-state index contributed by atoms with van der Waals surface area (Å²) in [5, 5.41) is 11.5. The Morgan fingerprint density at radius 3 is 2.35 bits per heavy atom. The van der Waals surface area contributed by atoms with Crippen molar-refractivity contribution >= 4 is 17.2 Å². The molecule has 1 saturated heterocycles. The van der Waals surface area contributed by atoms with Gasteiger partial charge in [0.2, 0.25) is 0 Å². The van der Waals surface area contributed by atoms with Gasteiger partial charge in [-0.2, -0.15) is 0 Å². The highest BCUT2D eigenvalue weighted by Gasteiger charge is 2.25. The smallest absolute Gasteiger partial charge is 0.270 e. The molecule has 0 unspecified atom stereocenters. The second-order valence-corrected chi connectivity index (χ2v) is 9.81. The van der Waals surface area contributed by atoms with E-state index in [9.17, 15) is 19.3 Å². The van der Waals surface area contributed by atoms with Crippen LogP contribution in [0.15, 0.2) is 97.2 Å². The molecule has 0 spiro atoms. The van der Waals surface area contributed by atoms with E-state index in [4.69, 9.17) is 4.98 Å². The minimum Gasteiger partial charge on any atom is -0.336 e. The maximum absolute atomic E-state index is 13.7. The molecule has 0 saturated carbocycles. The lowest BCUT2D eigenvalue weighted by atomic mass is 10.1. The number of hydrogen-bond acceptors (Lipinski definition) is 5. The summed E-state index contributed by atoms with van der Waals surface area (Å²) in [4.78, 5) is 32.9. The maximum atomic E-state index is 13.7. The van der Waals surface area contributed by atoms with Crippen molar-refractivity contribution < 1.29 is 14.1 Å². The summed E-state index contributed by atoms with van der Waals surface area (Å²) in [5.41, 5.74) is 5.48. The lowest BCUT2D eigenvalue weighted by Crippen LogP contribution is -2.48. The van der Waals surface area contributed by atoms with Gasteiger partial charge in [-0.05, 0) is 41.5 Å². The van der Waals surface area contributed by atoms with Gasteiger partial charge in [0.15, 0.2) is 0 Å². The predicted octanol–water partition coefficient (Wildman–Crippen LogP) is 5.67. The van der Waals surface area contributed by atoms with Crippen LogP contribution in [0.2, 0.25) is 0 Å². The first kappa shape index (κ1) is 25.4. The number of amides is 1. The number of nitro benzene ring substituents is 1. The molecule has 1 fully saturated rings. The molecule has 1 aliphatic heterocycles. The minimum absolute atomic E-state index is 0.00922. The van der Waals surface area contributed by atoms with E-state index in [-0.39, 0.29) is 11.6 Å². The van der Waals surface area contributed by atoms with E-state index in [1.165, 1.54) is 18.2 Å². The van der Waals surface area contributed by atoms with Gasteiger partial charge in [0, 0.05) is 62.2 Å². The number of carbonyl (C=O) groups is 1. The normalized spacial score (nSPS) is 14.0. The summed E-state index contributed by atoms with van der Waals surface area (Å²) in [6, 6.07) is 26.4. The first-order valence-electron chi connectivity index (χ1n) is 13.0. The number of hydrogen-bond donors (Lipinski definition) is 0. The van der Waals surface area contributed by atoms with Gasteiger partial charge in [0.25, 0.3) is 11.6 Å². The molecule has 3 heterocycles. The van der Waals surface area contributed by atoms with Crippen molar-refractivity contribution in [3.05, 3.63) is 124 Å². The molecule has 2 aromatic heterocycles. The van der Waals surface area contributed by atoms with Crippen LogP contribution in [-0.4, -0.2) is 56.2 Å². The highest BCUT2D eigenvalue weighted by molar-refractivity contribution is 5.94. The largest absolute Gasteiger partial charge is 0.336 e. The highest BCUT2D eigenvalue weighted by Crippen LogP contribution is 2.30. The molecule has 5 aromatic rings. The van der Waals surface area contributed by atoms with Crippen LogP contribution >= 0.6 is 0 Å². The van der Waals surface area contributed by atoms with Crippen LogP contribution in [-0.2, 0) is 6.54 Å². The zero-order chi connectivity index (χ0) is 27.6. The first-order chi connectivity index (χ1) is 19.5. The standard InChI is InChI=1S/C31H26FN5O3/c32-26-10-4-9-24(18-26)31(38)35-16-14-34(15-17-35)21-28-30(23-8-5-11-27(19-23)37(39)40)33-29-13-12-25(20-36(28)29)22-6-2-1-3-7-22/h1-13,18-20H,14-17,21H2. The summed E-state index contributed by atoms with van der Waals surface area (Å²) in [5.74, 6) is -0.612. The van der Waals surface area contributed by atoms with Crippen LogP contribution < -0.4 is 0 Å². The monoisotopic (exact) mass is 535 g/mol. The van der Waals surface area contributed by atoms with Crippen LogP contribution in [0.25, 0.3) is 28.0 Å². The number of pyridine rings is 1. The van der Waals surface area contributed by atoms with Crippen molar-refractivity contribution in [3.8, 4) is 22.4 Å². The third-order valence-corrected chi connectivity index (χ3v) is 7.26.